The molecule has 0 atom stereocenters. The highest BCUT2D eigenvalue weighted by Crippen LogP contribution is 2.19. The van der Waals surface area contributed by atoms with Crippen LogP contribution in [0.5, 0.6) is 0 Å². The van der Waals surface area contributed by atoms with Crippen LogP contribution in [0.1, 0.15) is 5.56 Å². The van der Waals surface area contributed by atoms with E-state index in [4.69, 9.17) is 16.9 Å². The summed E-state index contributed by atoms with van der Waals surface area (Å²) in [6, 6.07) is 7.14. The molecule has 0 bridgehead atoms. The molecule has 1 rings (SSSR count). The van der Waals surface area contributed by atoms with E-state index < -0.39 is 0 Å². The Hall–Kier alpha value is -0.520. The van der Waals surface area contributed by atoms with Crippen LogP contribution in [-0.2, 0) is 0 Å². The molecule has 0 aliphatic heterocycles. The van der Waals surface area contributed by atoms with Gasteiger partial charge >= 0.3 is 0 Å². The lowest BCUT2D eigenvalue weighted by Gasteiger charge is -1.92. The summed E-state index contributed by atoms with van der Waals surface area (Å²) < 4.78 is 0.869. The van der Waals surface area contributed by atoms with Gasteiger partial charge in [-0.1, -0.05) is 27.5 Å². The first-order chi connectivity index (χ1) is 4.74. The fourth-order valence-corrected chi connectivity index (χ4v) is 1.10. The van der Waals surface area contributed by atoms with Crippen molar-refractivity contribution in [3.63, 3.8) is 0 Å². The topological polar surface area (TPSA) is 23.8 Å². The molecule has 0 fully saturated rings. The van der Waals surface area contributed by atoms with Gasteiger partial charge in [-0.15, -0.1) is 0 Å². The third-order valence-corrected chi connectivity index (χ3v) is 1.87. The molecular formula is C7H3BrClN. The van der Waals surface area contributed by atoms with Gasteiger partial charge in [0.15, 0.2) is 0 Å². The van der Waals surface area contributed by atoms with Gasteiger partial charge in [0.2, 0.25) is 0 Å². The third kappa shape index (κ3) is 1.50. The minimum Gasteiger partial charge on any atom is -0.192 e. The van der Waals surface area contributed by atoms with E-state index in [1.807, 2.05) is 6.07 Å². The number of halogens is 2. The van der Waals surface area contributed by atoms with Crippen molar-refractivity contribution >= 4 is 27.5 Å². The van der Waals surface area contributed by atoms with Crippen LogP contribution < -0.4 is 0 Å². The Morgan fingerprint density at radius 2 is 2.20 bits per heavy atom. The summed E-state index contributed by atoms with van der Waals surface area (Å²) in [7, 11) is 0. The van der Waals surface area contributed by atoms with Gasteiger partial charge in [-0.2, -0.15) is 5.26 Å². The predicted molar refractivity (Wildman–Crippen MR) is 43.9 cm³/mol. The van der Waals surface area contributed by atoms with Crippen LogP contribution in [-0.4, -0.2) is 0 Å². The van der Waals surface area contributed by atoms with Crippen molar-refractivity contribution in [1.82, 2.24) is 0 Å². The average Bonchev–Trinajstić information content (AvgIpc) is 1.94. The Bertz CT molecular complexity index is 290. The van der Waals surface area contributed by atoms with Crippen LogP contribution in [0, 0.1) is 11.3 Å². The molecule has 10 heavy (non-hydrogen) atoms. The molecule has 0 unspecified atom stereocenters. The van der Waals surface area contributed by atoms with E-state index in [0.29, 0.717) is 10.6 Å². The molecular weight excluding hydrogens is 213 g/mol. The highest BCUT2D eigenvalue weighted by atomic mass is 79.9. The van der Waals surface area contributed by atoms with Gasteiger partial charge in [-0.05, 0) is 18.2 Å². The second kappa shape index (κ2) is 3.05. The molecule has 0 heterocycles. The molecule has 0 spiro atoms. The fraction of sp³-hybridized carbons (Fsp3) is 0. The standard InChI is InChI=1S/C7H3BrClN/c8-6-1-2-7(9)5(3-6)4-10/h1-3H. The molecule has 1 aromatic carbocycles. The molecule has 3 heteroatoms. The van der Waals surface area contributed by atoms with Crippen LogP contribution in [0.2, 0.25) is 5.02 Å². The Labute approximate surface area is 72.4 Å². The first-order valence-electron chi connectivity index (χ1n) is 2.59. The third-order valence-electron chi connectivity index (χ3n) is 1.05. The number of hydrogen-bond acceptors (Lipinski definition) is 1. The van der Waals surface area contributed by atoms with Crippen molar-refractivity contribution < 1.29 is 0 Å². The highest BCUT2D eigenvalue weighted by Gasteiger charge is 1.97. The van der Waals surface area contributed by atoms with Gasteiger partial charge in [0.05, 0.1) is 10.6 Å². The van der Waals surface area contributed by atoms with Crippen LogP contribution in [0.15, 0.2) is 22.7 Å². The van der Waals surface area contributed by atoms with Crippen molar-refractivity contribution in [3.8, 4) is 6.07 Å². The van der Waals surface area contributed by atoms with Crippen LogP contribution >= 0.6 is 27.5 Å². The van der Waals surface area contributed by atoms with Crippen LogP contribution in [0.4, 0.5) is 0 Å². The number of nitriles is 1. The Morgan fingerprint density at radius 3 is 2.70 bits per heavy atom. The number of rotatable bonds is 0. The summed E-state index contributed by atoms with van der Waals surface area (Å²) in [4.78, 5) is 0. The average molecular weight is 216 g/mol. The van der Waals surface area contributed by atoms with Crippen LogP contribution in [0.3, 0.4) is 0 Å². The quantitative estimate of drug-likeness (QED) is 0.654. The van der Waals surface area contributed by atoms with Gasteiger partial charge in [-0.25, -0.2) is 0 Å². The maximum atomic E-state index is 8.49. The monoisotopic (exact) mass is 215 g/mol. The van der Waals surface area contributed by atoms with Crippen molar-refractivity contribution in [2.45, 2.75) is 0 Å². The first kappa shape index (κ1) is 7.59. The number of nitrogens with zero attached hydrogens (tertiary/aromatic N) is 1. The van der Waals surface area contributed by atoms with Gasteiger partial charge < -0.3 is 0 Å². The SMILES string of the molecule is N#Cc1cc(Br)ccc1Cl. The van der Waals surface area contributed by atoms with Gasteiger partial charge in [0, 0.05) is 4.47 Å². The predicted octanol–water partition coefficient (Wildman–Crippen LogP) is 2.97. The van der Waals surface area contributed by atoms with E-state index in [9.17, 15) is 0 Å². The van der Waals surface area contributed by atoms with E-state index in [1.165, 1.54) is 0 Å². The zero-order valence-electron chi connectivity index (χ0n) is 4.94. The maximum Gasteiger partial charge on any atom is 0.101 e. The lowest BCUT2D eigenvalue weighted by Crippen LogP contribution is -1.74. The molecule has 0 radical (unpaired) electrons. The second-order valence-electron chi connectivity index (χ2n) is 1.74. The summed E-state index contributed by atoms with van der Waals surface area (Å²) in [6.07, 6.45) is 0. The molecule has 50 valence electrons. The summed E-state index contributed by atoms with van der Waals surface area (Å²) in [5.41, 5.74) is 0.496. The molecule has 0 aliphatic rings. The van der Waals surface area contributed by atoms with E-state index in [1.54, 1.807) is 18.2 Å². The van der Waals surface area contributed by atoms with Gasteiger partial charge in [0.25, 0.3) is 0 Å². The summed E-state index contributed by atoms with van der Waals surface area (Å²) in [6.45, 7) is 0. The maximum absolute atomic E-state index is 8.49. The van der Waals surface area contributed by atoms with E-state index in [0.717, 1.165) is 4.47 Å². The summed E-state index contributed by atoms with van der Waals surface area (Å²) in [5, 5.41) is 8.98. The Kier molecular flexibility index (Phi) is 2.31. The molecule has 0 amide bonds. The van der Waals surface area contributed by atoms with Crippen molar-refractivity contribution in [2.24, 2.45) is 0 Å². The van der Waals surface area contributed by atoms with Crippen molar-refractivity contribution in [1.29, 1.82) is 5.26 Å². The second-order valence-corrected chi connectivity index (χ2v) is 3.06. The van der Waals surface area contributed by atoms with E-state index >= 15 is 0 Å². The zero-order valence-corrected chi connectivity index (χ0v) is 7.28. The van der Waals surface area contributed by atoms with E-state index in [-0.39, 0.29) is 0 Å². The molecule has 1 nitrogen and oxygen atoms in total. The Balaban J connectivity index is 3.25. The minimum absolute atomic E-state index is 0.491. The first-order valence-corrected chi connectivity index (χ1v) is 3.76. The molecule has 1 aromatic rings. The number of benzene rings is 1. The molecule has 0 aromatic heterocycles. The highest BCUT2D eigenvalue weighted by molar-refractivity contribution is 9.10. The summed E-state index contributed by atoms with van der Waals surface area (Å²) >= 11 is 8.88. The van der Waals surface area contributed by atoms with E-state index in [2.05, 4.69) is 15.9 Å². The minimum atomic E-state index is 0.491. The molecule has 0 saturated heterocycles. The zero-order chi connectivity index (χ0) is 7.56. The number of hydrogen-bond donors (Lipinski definition) is 0. The van der Waals surface area contributed by atoms with Crippen molar-refractivity contribution in [3.05, 3.63) is 33.3 Å². The van der Waals surface area contributed by atoms with Gasteiger partial charge in [0.1, 0.15) is 6.07 Å². The smallest absolute Gasteiger partial charge is 0.101 e. The molecule has 0 saturated carbocycles. The molecule has 0 N–H and O–H groups in total. The molecule has 0 aliphatic carbocycles. The van der Waals surface area contributed by atoms with Crippen molar-refractivity contribution in [2.75, 3.05) is 0 Å². The normalized spacial score (nSPS) is 8.90. The van der Waals surface area contributed by atoms with Gasteiger partial charge in [-0.3, -0.25) is 0 Å². The lowest BCUT2D eigenvalue weighted by molar-refractivity contribution is 1.48. The fourth-order valence-electron chi connectivity index (χ4n) is 0.583. The lowest BCUT2D eigenvalue weighted by atomic mass is 10.2. The van der Waals surface area contributed by atoms with Crippen LogP contribution in [0.25, 0.3) is 0 Å². The largest absolute Gasteiger partial charge is 0.192 e. The Morgan fingerprint density at radius 1 is 1.50 bits per heavy atom. The summed E-state index contributed by atoms with van der Waals surface area (Å²) in [5.74, 6) is 0.